The summed E-state index contributed by atoms with van der Waals surface area (Å²) in [5.41, 5.74) is 0.952. The largest absolute Gasteiger partial charge is 0.445 e. The van der Waals surface area contributed by atoms with Gasteiger partial charge in [0.1, 0.15) is 6.61 Å². The average molecular weight is 286 g/mol. The van der Waals surface area contributed by atoms with Gasteiger partial charge < -0.3 is 15.0 Å². The van der Waals surface area contributed by atoms with Crippen LogP contribution < -0.4 is 5.32 Å². The molecule has 3 fully saturated rings. The fourth-order valence-electron chi connectivity index (χ4n) is 3.10. The highest BCUT2D eigenvalue weighted by atomic mass is 16.5. The zero-order chi connectivity index (χ0) is 14.8. The van der Waals surface area contributed by atoms with Gasteiger partial charge in [-0.3, -0.25) is 4.79 Å². The lowest BCUT2D eigenvalue weighted by Gasteiger charge is -2.36. The third-order valence-corrected chi connectivity index (χ3v) is 4.25. The second-order valence-electron chi connectivity index (χ2n) is 5.49. The Morgan fingerprint density at radius 1 is 1.38 bits per heavy atom. The molecule has 1 aromatic carbocycles. The number of ether oxygens (including phenoxy) is 1. The van der Waals surface area contributed by atoms with Gasteiger partial charge >= 0.3 is 6.09 Å². The van der Waals surface area contributed by atoms with E-state index in [4.69, 9.17) is 4.74 Å². The Labute approximate surface area is 123 Å². The summed E-state index contributed by atoms with van der Waals surface area (Å²) in [6, 6.07) is 9.64. The zero-order valence-corrected chi connectivity index (χ0v) is 11.7. The molecular weight excluding hydrogens is 268 g/mol. The molecule has 0 unspecified atom stereocenters. The van der Waals surface area contributed by atoms with Gasteiger partial charge in [-0.25, -0.2) is 4.79 Å². The van der Waals surface area contributed by atoms with E-state index >= 15 is 0 Å². The van der Waals surface area contributed by atoms with Crippen molar-refractivity contribution in [1.29, 1.82) is 0 Å². The van der Waals surface area contributed by atoms with E-state index in [1.807, 2.05) is 30.3 Å². The minimum absolute atomic E-state index is 0.0113. The fourth-order valence-corrected chi connectivity index (χ4v) is 3.10. The summed E-state index contributed by atoms with van der Waals surface area (Å²) in [4.78, 5) is 25.3. The predicted octanol–water partition coefficient (Wildman–Crippen LogP) is 1.70. The Hall–Kier alpha value is -2.30. The van der Waals surface area contributed by atoms with Crippen molar-refractivity contribution in [2.24, 2.45) is 5.92 Å². The van der Waals surface area contributed by atoms with E-state index in [1.165, 1.54) is 6.08 Å². The maximum absolute atomic E-state index is 11.8. The summed E-state index contributed by atoms with van der Waals surface area (Å²) in [5.74, 6) is 0.271. The molecule has 4 rings (SSSR count). The molecule has 2 bridgehead atoms. The number of alkyl carbamates (subject to hydrolysis) is 1. The Morgan fingerprint density at radius 3 is 2.86 bits per heavy atom. The van der Waals surface area contributed by atoms with Crippen molar-refractivity contribution in [3.8, 4) is 0 Å². The molecule has 2 aliphatic heterocycles. The second-order valence-corrected chi connectivity index (χ2v) is 5.49. The number of nitrogens with zero attached hydrogens (tertiary/aromatic N) is 1. The number of benzene rings is 1. The Balaban J connectivity index is 1.49. The zero-order valence-electron chi connectivity index (χ0n) is 11.7. The number of rotatable bonds is 4. The van der Waals surface area contributed by atoms with Crippen LogP contribution in [0.2, 0.25) is 0 Å². The van der Waals surface area contributed by atoms with Gasteiger partial charge in [-0.15, -0.1) is 0 Å². The Kier molecular flexibility index (Phi) is 3.64. The summed E-state index contributed by atoms with van der Waals surface area (Å²) in [6.45, 7) is 4.45. The number of nitrogens with one attached hydrogen (secondary N) is 1. The van der Waals surface area contributed by atoms with Crippen molar-refractivity contribution < 1.29 is 14.3 Å². The molecule has 1 aromatic rings. The normalized spacial score (nSPS) is 25.9. The van der Waals surface area contributed by atoms with Gasteiger partial charge in [0.25, 0.3) is 0 Å². The van der Waals surface area contributed by atoms with Gasteiger partial charge in [0.05, 0.1) is 12.1 Å². The van der Waals surface area contributed by atoms with E-state index in [0.717, 1.165) is 12.0 Å². The van der Waals surface area contributed by atoms with Crippen LogP contribution in [0.15, 0.2) is 43.0 Å². The average Bonchev–Trinajstić information content (AvgIpc) is 3.10. The lowest BCUT2D eigenvalue weighted by molar-refractivity contribution is -0.126. The maximum atomic E-state index is 11.8. The first-order chi connectivity index (χ1) is 10.2. The molecule has 0 radical (unpaired) electrons. The number of carbonyl (C=O) groups is 2. The van der Waals surface area contributed by atoms with Crippen molar-refractivity contribution in [3.05, 3.63) is 48.6 Å². The third-order valence-electron chi connectivity index (χ3n) is 4.25. The van der Waals surface area contributed by atoms with Gasteiger partial charge in [-0.2, -0.15) is 0 Å². The van der Waals surface area contributed by atoms with Crippen molar-refractivity contribution in [2.75, 3.05) is 6.54 Å². The van der Waals surface area contributed by atoms with Crippen molar-refractivity contribution in [2.45, 2.75) is 25.1 Å². The minimum atomic E-state index is -0.425. The van der Waals surface area contributed by atoms with E-state index in [9.17, 15) is 9.59 Å². The van der Waals surface area contributed by atoms with Crippen LogP contribution in [-0.4, -0.2) is 35.5 Å². The molecule has 5 nitrogen and oxygen atoms in total. The molecule has 3 aliphatic rings. The monoisotopic (exact) mass is 286 g/mol. The van der Waals surface area contributed by atoms with Crippen molar-refractivity contribution >= 4 is 12.0 Å². The molecule has 1 aliphatic carbocycles. The highest BCUT2D eigenvalue weighted by Gasteiger charge is 2.53. The molecule has 110 valence electrons. The van der Waals surface area contributed by atoms with Crippen LogP contribution in [0.3, 0.4) is 0 Å². The summed E-state index contributed by atoms with van der Waals surface area (Å²) in [5, 5.41) is 2.87. The van der Waals surface area contributed by atoms with Crippen LogP contribution in [-0.2, 0) is 16.1 Å². The third kappa shape index (κ3) is 2.63. The summed E-state index contributed by atoms with van der Waals surface area (Å²) in [7, 11) is 0. The summed E-state index contributed by atoms with van der Waals surface area (Å²) >= 11 is 0. The highest BCUT2D eigenvalue weighted by Crippen LogP contribution is 2.41. The lowest BCUT2D eigenvalue weighted by atomic mass is 9.80. The van der Waals surface area contributed by atoms with E-state index < -0.39 is 6.09 Å². The molecule has 0 aromatic heterocycles. The molecule has 2 saturated heterocycles. The topological polar surface area (TPSA) is 58.6 Å². The molecule has 2 amide bonds. The van der Waals surface area contributed by atoms with Crippen LogP contribution in [0.1, 0.15) is 12.0 Å². The SMILES string of the molecule is C=CC(=O)N1C[C@@H]2C[C@H]1[C@@H]2NC(=O)OCc1ccccc1. The van der Waals surface area contributed by atoms with Crippen LogP contribution in [0, 0.1) is 5.92 Å². The van der Waals surface area contributed by atoms with Crippen LogP contribution >= 0.6 is 0 Å². The van der Waals surface area contributed by atoms with Gasteiger partial charge in [0, 0.05) is 12.5 Å². The van der Waals surface area contributed by atoms with Gasteiger partial charge in [-0.1, -0.05) is 36.9 Å². The number of amides is 2. The smallest absolute Gasteiger partial charge is 0.407 e. The molecular formula is C16H18N2O3. The first-order valence-electron chi connectivity index (χ1n) is 7.09. The quantitative estimate of drug-likeness (QED) is 0.857. The molecule has 0 spiro atoms. The summed E-state index contributed by atoms with van der Waals surface area (Å²) in [6.07, 6.45) is 1.85. The first-order valence-corrected chi connectivity index (χ1v) is 7.09. The number of hydrogen-bond acceptors (Lipinski definition) is 3. The number of hydrogen-bond donors (Lipinski definition) is 1. The maximum Gasteiger partial charge on any atom is 0.407 e. The molecule has 1 N–H and O–H groups in total. The van der Waals surface area contributed by atoms with Crippen molar-refractivity contribution in [1.82, 2.24) is 10.2 Å². The summed E-state index contributed by atoms with van der Waals surface area (Å²) < 4.78 is 5.21. The van der Waals surface area contributed by atoms with Gasteiger partial charge in [-0.05, 0) is 18.1 Å². The number of carbonyl (C=O) groups excluding carboxylic acids is 2. The van der Waals surface area contributed by atoms with E-state index in [0.29, 0.717) is 12.5 Å². The van der Waals surface area contributed by atoms with E-state index in [2.05, 4.69) is 11.9 Å². The fraction of sp³-hybridized carbons (Fsp3) is 0.375. The van der Waals surface area contributed by atoms with Crippen LogP contribution in [0.5, 0.6) is 0 Å². The minimum Gasteiger partial charge on any atom is -0.445 e. The Morgan fingerprint density at radius 2 is 2.14 bits per heavy atom. The molecule has 3 atom stereocenters. The molecule has 21 heavy (non-hydrogen) atoms. The standard InChI is InChI=1S/C16H18N2O3/c1-2-14(19)18-9-12-8-13(18)15(12)17-16(20)21-10-11-6-4-3-5-7-11/h2-7,12-13,15H,1,8-10H2,(H,17,20)/t12-,13-,15+/m0/s1. The van der Waals surface area contributed by atoms with Crippen LogP contribution in [0.4, 0.5) is 4.79 Å². The highest BCUT2D eigenvalue weighted by molar-refractivity contribution is 5.88. The molecule has 2 heterocycles. The van der Waals surface area contributed by atoms with E-state index in [-0.39, 0.29) is 24.6 Å². The predicted molar refractivity (Wildman–Crippen MR) is 77.4 cm³/mol. The molecule has 1 saturated carbocycles. The van der Waals surface area contributed by atoms with E-state index in [1.54, 1.807) is 4.90 Å². The van der Waals surface area contributed by atoms with Crippen molar-refractivity contribution in [3.63, 3.8) is 0 Å². The number of fused-ring (bicyclic) bond motifs is 1. The first kappa shape index (κ1) is 13.7. The molecule has 5 heteroatoms. The lowest BCUT2D eigenvalue weighted by Crippen LogP contribution is -2.55. The second kappa shape index (κ2) is 5.60. The van der Waals surface area contributed by atoms with Gasteiger partial charge in [0.15, 0.2) is 0 Å². The van der Waals surface area contributed by atoms with Crippen LogP contribution in [0.25, 0.3) is 0 Å². The Bertz CT molecular complexity index is 558. The van der Waals surface area contributed by atoms with Gasteiger partial charge in [0.2, 0.25) is 5.91 Å².